The largest absolute Gasteiger partial charge is 0.497 e. The summed E-state index contributed by atoms with van der Waals surface area (Å²) in [6.45, 7) is 5.15. The summed E-state index contributed by atoms with van der Waals surface area (Å²) in [6.07, 6.45) is 5.12. The number of carbonyl (C=O) groups is 1. The van der Waals surface area contributed by atoms with E-state index in [1.807, 2.05) is 35.2 Å². The molecule has 1 aromatic heterocycles. The molecule has 0 saturated carbocycles. The van der Waals surface area contributed by atoms with Crippen molar-refractivity contribution in [3.8, 4) is 5.75 Å². The van der Waals surface area contributed by atoms with Gasteiger partial charge in [-0.3, -0.25) is 4.79 Å². The molecule has 2 unspecified atom stereocenters. The minimum absolute atomic E-state index is 0.0000994. The van der Waals surface area contributed by atoms with E-state index in [1.165, 1.54) is 0 Å². The van der Waals surface area contributed by atoms with Crippen molar-refractivity contribution in [2.75, 3.05) is 33.4 Å². The summed E-state index contributed by atoms with van der Waals surface area (Å²) in [6, 6.07) is 13.0. The first-order valence-corrected chi connectivity index (χ1v) is 15.4. The number of sulfonamides is 1. The number of methoxy groups -OCH3 is 1. The third-order valence-corrected chi connectivity index (χ3v) is 10.2. The molecule has 1 amide bonds. The first kappa shape index (κ1) is 28.3. The quantitative estimate of drug-likeness (QED) is 0.390. The van der Waals surface area contributed by atoms with E-state index in [1.54, 1.807) is 43.7 Å². The Morgan fingerprint density at radius 1 is 1.10 bits per heavy atom. The Hall–Kier alpha value is -3.21. The standard InChI is InChI=1S/C30H38N4O5S/c1-21-17-25(38-3)18-22(2)30(21)40(36,37)34-14-8-7-11-24(34)19-39-16-13-27(35)33-15-12-26-28(32-20-31-26)29(33)23-9-5-4-6-10-23/h4-6,9-10,17-18,20,24,29H,7-8,11-16,19H2,1-3H3,(H,31,32). The smallest absolute Gasteiger partial charge is 0.243 e. The molecule has 10 heteroatoms. The highest BCUT2D eigenvalue weighted by Crippen LogP contribution is 2.34. The van der Waals surface area contributed by atoms with Crippen LogP contribution >= 0.6 is 0 Å². The summed E-state index contributed by atoms with van der Waals surface area (Å²) in [7, 11) is -2.14. The van der Waals surface area contributed by atoms with Gasteiger partial charge in [0.25, 0.3) is 0 Å². The van der Waals surface area contributed by atoms with E-state index in [-0.39, 0.29) is 37.6 Å². The number of nitrogens with zero attached hydrogens (tertiary/aromatic N) is 3. The molecule has 3 aromatic rings. The number of aryl methyl sites for hydroxylation is 2. The van der Waals surface area contributed by atoms with E-state index in [0.717, 1.165) is 42.6 Å². The van der Waals surface area contributed by atoms with Crippen molar-refractivity contribution in [2.45, 2.75) is 62.9 Å². The van der Waals surface area contributed by atoms with Crippen molar-refractivity contribution < 1.29 is 22.7 Å². The number of hydrogen-bond donors (Lipinski definition) is 1. The number of rotatable bonds is 9. The molecule has 0 spiro atoms. The second-order valence-electron chi connectivity index (χ2n) is 10.6. The number of fused-ring (bicyclic) bond motifs is 1. The average Bonchev–Trinajstić information content (AvgIpc) is 3.44. The third-order valence-electron chi connectivity index (χ3n) is 7.94. The molecule has 5 rings (SSSR count). The Kier molecular flexibility index (Phi) is 8.58. The Morgan fingerprint density at radius 3 is 2.58 bits per heavy atom. The monoisotopic (exact) mass is 566 g/mol. The number of nitrogens with one attached hydrogen (secondary N) is 1. The number of hydrogen-bond acceptors (Lipinski definition) is 6. The predicted molar refractivity (Wildman–Crippen MR) is 152 cm³/mol. The summed E-state index contributed by atoms with van der Waals surface area (Å²) in [5.74, 6) is 0.643. The maximum Gasteiger partial charge on any atom is 0.243 e. The highest BCUT2D eigenvalue weighted by atomic mass is 32.2. The zero-order chi connectivity index (χ0) is 28.3. The minimum atomic E-state index is -3.72. The number of piperidine rings is 1. The molecule has 2 aliphatic heterocycles. The van der Waals surface area contributed by atoms with Gasteiger partial charge in [0, 0.05) is 31.2 Å². The Labute approximate surface area is 236 Å². The van der Waals surface area contributed by atoms with Gasteiger partial charge in [0.15, 0.2) is 0 Å². The molecule has 9 nitrogen and oxygen atoms in total. The summed E-state index contributed by atoms with van der Waals surface area (Å²) in [4.78, 5) is 23.4. The first-order valence-electron chi connectivity index (χ1n) is 13.9. The van der Waals surface area contributed by atoms with Gasteiger partial charge in [-0.1, -0.05) is 36.8 Å². The van der Waals surface area contributed by atoms with Gasteiger partial charge in [-0.2, -0.15) is 4.31 Å². The normalized spacial score (nSPS) is 19.8. The van der Waals surface area contributed by atoms with Crippen molar-refractivity contribution in [3.05, 3.63) is 76.9 Å². The van der Waals surface area contributed by atoms with Gasteiger partial charge in [0.2, 0.25) is 15.9 Å². The maximum absolute atomic E-state index is 13.8. The molecule has 2 aliphatic rings. The molecule has 0 aliphatic carbocycles. The summed E-state index contributed by atoms with van der Waals surface area (Å²) < 4.78 is 40.5. The fourth-order valence-electron chi connectivity index (χ4n) is 6.05. The summed E-state index contributed by atoms with van der Waals surface area (Å²) in [5, 5.41) is 0. The molecule has 1 saturated heterocycles. The van der Waals surface area contributed by atoms with Crippen LogP contribution in [0.15, 0.2) is 53.7 Å². The molecule has 214 valence electrons. The van der Waals surface area contributed by atoms with E-state index in [0.29, 0.717) is 34.9 Å². The SMILES string of the molecule is COc1cc(C)c(S(=O)(=O)N2CCCCC2COCCC(=O)N2CCc3[nH]cnc3C2c2ccccc2)c(C)c1. The summed E-state index contributed by atoms with van der Waals surface area (Å²) in [5.41, 5.74) is 4.32. The molecule has 1 fully saturated rings. The summed E-state index contributed by atoms with van der Waals surface area (Å²) >= 11 is 0. The zero-order valence-corrected chi connectivity index (χ0v) is 24.2. The van der Waals surface area contributed by atoms with E-state index >= 15 is 0 Å². The molecule has 0 bridgehead atoms. The molecule has 3 heterocycles. The topological polar surface area (TPSA) is 105 Å². The zero-order valence-electron chi connectivity index (χ0n) is 23.4. The highest BCUT2D eigenvalue weighted by molar-refractivity contribution is 7.89. The third kappa shape index (κ3) is 5.66. The van der Waals surface area contributed by atoms with Crippen molar-refractivity contribution >= 4 is 15.9 Å². The average molecular weight is 567 g/mol. The fourth-order valence-corrected chi connectivity index (χ4v) is 8.14. The van der Waals surface area contributed by atoms with E-state index in [2.05, 4.69) is 9.97 Å². The van der Waals surface area contributed by atoms with Crippen LogP contribution in [0.25, 0.3) is 0 Å². The number of benzene rings is 2. The van der Waals surface area contributed by atoms with Crippen LogP contribution in [-0.2, 0) is 26.0 Å². The Morgan fingerprint density at radius 2 is 1.85 bits per heavy atom. The van der Waals surface area contributed by atoms with Gasteiger partial charge in [0.05, 0.1) is 43.7 Å². The lowest BCUT2D eigenvalue weighted by Crippen LogP contribution is -2.46. The van der Waals surface area contributed by atoms with E-state index < -0.39 is 10.0 Å². The maximum atomic E-state index is 13.8. The van der Waals surface area contributed by atoms with Crippen LogP contribution in [0.5, 0.6) is 5.75 Å². The van der Waals surface area contributed by atoms with Crippen LogP contribution in [0, 0.1) is 13.8 Å². The van der Waals surface area contributed by atoms with Gasteiger partial charge in [-0.25, -0.2) is 13.4 Å². The van der Waals surface area contributed by atoms with Gasteiger partial charge >= 0.3 is 0 Å². The van der Waals surface area contributed by atoms with E-state index in [4.69, 9.17) is 9.47 Å². The highest BCUT2D eigenvalue weighted by Gasteiger charge is 2.36. The molecule has 40 heavy (non-hydrogen) atoms. The van der Waals surface area contributed by atoms with Crippen molar-refractivity contribution in [2.24, 2.45) is 0 Å². The minimum Gasteiger partial charge on any atom is -0.497 e. The van der Waals surface area contributed by atoms with Crippen LogP contribution in [0.3, 0.4) is 0 Å². The molecular formula is C30H38N4O5S. The number of ether oxygens (including phenoxy) is 2. The molecule has 2 atom stereocenters. The number of H-pyrrole nitrogens is 1. The van der Waals surface area contributed by atoms with Gasteiger partial charge in [-0.15, -0.1) is 0 Å². The Bertz CT molecular complexity index is 1420. The van der Waals surface area contributed by atoms with Gasteiger partial charge < -0.3 is 19.4 Å². The lowest BCUT2D eigenvalue weighted by atomic mass is 9.95. The first-order chi connectivity index (χ1) is 19.3. The van der Waals surface area contributed by atoms with Crippen molar-refractivity contribution in [3.63, 3.8) is 0 Å². The fraction of sp³-hybridized carbons (Fsp3) is 0.467. The van der Waals surface area contributed by atoms with E-state index in [9.17, 15) is 13.2 Å². The lowest BCUT2D eigenvalue weighted by Gasteiger charge is -2.36. The number of aromatic amines is 1. The number of amides is 1. The second kappa shape index (κ2) is 12.1. The van der Waals surface area contributed by atoms with Crippen molar-refractivity contribution in [1.82, 2.24) is 19.2 Å². The van der Waals surface area contributed by atoms with Gasteiger partial charge in [0.1, 0.15) is 11.8 Å². The van der Waals surface area contributed by atoms with Crippen molar-refractivity contribution in [1.29, 1.82) is 0 Å². The lowest BCUT2D eigenvalue weighted by molar-refractivity contribution is -0.134. The van der Waals surface area contributed by atoms with Gasteiger partial charge in [-0.05, 0) is 55.5 Å². The molecule has 2 aromatic carbocycles. The Balaban J connectivity index is 1.23. The van der Waals surface area contributed by atoms with Crippen LogP contribution in [0.4, 0.5) is 0 Å². The second-order valence-corrected chi connectivity index (χ2v) is 12.4. The number of carbonyl (C=O) groups excluding carboxylic acids is 1. The number of aromatic nitrogens is 2. The number of imidazole rings is 1. The predicted octanol–water partition coefficient (Wildman–Crippen LogP) is 4.16. The van der Waals surface area contributed by atoms with Crippen LogP contribution in [-0.4, -0.2) is 73.0 Å². The van der Waals surface area contributed by atoms with Crippen LogP contribution in [0.1, 0.15) is 59.8 Å². The molecule has 0 radical (unpaired) electrons. The molecule has 1 N–H and O–H groups in total. The van der Waals surface area contributed by atoms with Crippen LogP contribution < -0.4 is 4.74 Å². The van der Waals surface area contributed by atoms with Crippen LogP contribution in [0.2, 0.25) is 0 Å². The molecular weight excluding hydrogens is 528 g/mol.